The number of hydrogen-bond acceptors (Lipinski definition) is 3. The van der Waals surface area contributed by atoms with Crippen LogP contribution in [0.2, 0.25) is 0 Å². The molecule has 88 valence electrons. The summed E-state index contributed by atoms with van der Waals surface area (Å²) in [6.07, 6.45) is 1.21. The van der Waals surface area contributed by atoms with Gasteiger partial charge < -0.3 is 15.6 Å². The quantitative estimate of drug-likeness (QED) is 0.891. The molecule has 0 heterocycles. The fourth-order valence-corrected chi connectivity index (χ4v) is 2.79. The van der Waals surface area contributed by atoms with Gasteiger partial charge in [0, 0.05) is 22.0 Å². The highest BCUT2D eigenvalue weighted by Crippen LogP contribution is 2.47. The van der Waals surface area contributed by atoms with Gasteiger partial charge >= 0.3 is 0 Å². The molecule has 0 amide bonds. The molecule has 3 nitrogen and oxygen atoms in total. The van der Waals surface area contributed by atoms with Gasteiger partial charge in [0.25, 0.3) is 0 Å². The molecular weight excluding hydrogens is 270 g/mol. The van der Waals surface area contributed by atoms with Crippen LogP contribution in [0.4, 0.5) is 0 Å². The molecule has 1 aromatic carbocycles. The summed E-state index contributed by atoms with van der Waals surface area (Å²) in [5.74, 6) is 0.848. The Hall–Kier alpha value is -0.580. The molecule has 0 saturated heterocycles. The molecule has 0 bridgehead atoms. The zero-order chi connectivity index (χ0) is 11.8. The highest BCUT2D eigenvalue weighted by Gasteiger charge is 2.45. The number of halogens is 1. The Labute approximate surface area is 104 Å². The third-order valence-electron chi connectivity index (χ3n) is 3.38. The minimum absolute atomic E-state index is 0.117. The van der Waals surface area contributed by atoms with Crippen LogP contribution < -0.4 is 10.5 Å². The number of benzene rings is 1. The van der Waals surface area contributed by atoms with Gasteiger partial charge in [-0.05, 0) is 31.0 Å². The molecule has 16 heavy (non-hydrogen) atoms. The summed E-state index contributed by atoms with van der Waals surface area (Å²) in [7, 11) is 1.66. The number of aliphatic hydroxyl groups is 1. The summed E-state index contributed by atoms with van der Waals surface area (Å²) in [6, 6.07) is 5.92. The molecule has 0 aromatic heterocycles. The molecule has 1 saturated carbocycles. The maximum Gasteiger partial charge on any atom is 0.122 e. The van der Waals surface area contributed by atoms with Crippen LogP contribution in [0.3, 0.4) is 0 Å². The lowest BCUT2D eigenvalue weighted by Crippen LogP contribution is -2.50. The first kappa shape index (κ1) is 11.9. The summed E-state index contributed by atoms with van der Waals surface area (Å²) in [5.41, 5.74) is 6.83. The van der Waals surface area contributed by atoms with E-state index in [9.17, 15) is 5.11 Å². The lowest BCUT2D eigenvalue weighted by Gasteiger charge is -2.45. The summed E-state index contributed by atoms with van der Waals surface area (Å²) in [4.78, 5) is 0. The third kappa shape index (κ3) is 1.85. The van der Waals surface area contributed by atoms with Crippen LogP contribution in [0, 0.1) is 0 Å². The molecule has 0 radical (unpaired) electrons. The van der Waals surface area contributed by atoms with Crippen molar-refractivity contribution < 1.29 is 9.84 Å². The maximum absolute atomic E-state index is 9.50. The second-order valence-corrected chi connectivity index (χ2v) is 5.31. The smallest absolute Gasteiger partial charge is 0.122 e. The summed E-state index contributed by atoms with van der Waals surface area (Å²) in [6.45, 7) is 0.539. The van der Waals surface area contributed by atoms with Crippen molar-refractivity contribution in [2.75, 3.05) is 13.7 Å². The number of methoxy groups -OCH3 is 1. The Morgan fingerprint density at radius 3 is 2.75 bits per heavy atom. The molecule has 1 aliphatic carbocycles. The van der Waals surface area contributed by atoms with Crippen LogP contribution in [-0.2, 0) is 5.41 Å². The number of rotatable bonds is 3. The van der Waals surface area contributed by atoms with Crippen LogP contribution in [0.15, 0.2) is 22.7 Å². The topological polar surface area (TPSA) is 55.5 Å². The highest BCUT2D eigenvalue weighted by molar-refractivity contribution is 9.10. The van der Waals surface area contributed by atoms with Crippen molar-refractivity contribution in [1.82, 2.24) is 0 Å². The molecule has 3 N–H and O–H groups in total. The summed E-state index contributed by atoms with van der Waals surface area (Å²) in [5, 5.41) is 9.50. The third-order valence-corrected chi connectivity index (χ3v) is 3.87. The first-order chi connectivity index (χ1) is 7.61. The largest absolute Gasteiger partial charge is 0.496 e. The van der Waals surface area contributed by atoms with Crippen molar-refractivity contribution in [1.29, 1.82) is 0 Å². The fourth-order valence-electron chi connectivity index (χ4n) is 2.43. The molecule has 0 unspecified atom stereocenters. The molecule has 0 spiro atoms. The van der Waals surface area contributed by atoms with Crippen LogP contribution in [0.5, 0.6) is 5.75 Å². The van der Waals surface area contributed by atoms with Gasteiger partial charge in [0.15, 0.2) is 0 Å². The van der Waals surface area contributed by atoms with Gasteiger partial charge in [-0.25, -0.2) is 0 Å². The molecular formula is C12H16BrNO2. The number of nitrogens with two attached hydrogens (primary N) is 1. The zero-order valence-electron chi connectivity index (χ0n) is 9.24. The van der Waals surface area contributed by atoms with Gasteiger partial charge in [0.05, 0.1) is 13.2 Å². The van der Waals surface area contributed by atoms with Gasteiger partial charge in [-0.3, -0.25) is 0 Å². The van der Waals surface area contributed by atoms with Gasteiger partial charge in [0.2, 0.25) is 0 Å². The van der Waals surface area contributed by atoms with E-state index in [1.807, 2.05) is 18.2 Å². The number of aliphatic hydroxyl groups excluding tert-OH is 1. The predicted molar refractivity (Wildman–Crippen MR) is 66.7 cm³/mol. The van der Waals surface area contributed by atoms with Crippen molar-refractivity contribution in [3.05, 3.63) is 28.2 Å². The van der Waals surface area contributed by atoms with Crippen molar-refractivity contribution in [2.45, 2.75) is 24.4 Å². The van der Waals surface area contributed by atoms with E-state index in [0.29, 0.717) is 6.54 Å². The summed E-state index contributed by atoms with van der Waals surface area (Å²) >= 11 is 3.46. The van der Waals surface area contributed by atoms with Gasteiger partial charge in [0.1, 0.15) is 5.75 Å². The van der Waals surface area contributed by atoms with Crippen molar-refractivity contribution in [3.63, 3.8) is 0 Å². The Balaban J connectivity index is 2.41. The molecule has 1 aliphatic rings. The molecule has 0 atom stereocenters. The van der Waals surface area contributed by atoms with Crippen LogP contribution >= 0.6 is 15.9 Å². The predicted octanol–water partition coefficient (Wildman–Crippen LogP) is 1.81. The lowest BCUT2D eigenvalue weighted by molar-refractivity contribution is 0.0210. The lowest BCUT2D eigenvalue weighted by atomic mass is 9.62. The van der Waals surface area contributed by atoms with E-state index in [2.05, 4.69) is 15.9 Å². The van der Waals surface area contributed by atoms with Gasteiger partial charge in [-0.1, -0.05) is 15.9 Å². The van der Waals surface area contributed by atoms with Gasteiger partial charge in [-0.15, -0.1) is 0 Å². The second-order valence-electron chi connectivity index (χ2n) is 4.39. The first-order valence-electron chi connectivity index (χ1n) is 5.33. The molecule has 1 aromatic rings. The standard InChI is InChI=1S/C12H16BrNO2/c1-16-11-3-2-8(13)4-10(11)12(7-14)5-9(15)6-12/h2-4,9,15H,5-7,14H2,1H3. The normalized spacial score (nSPS) is 28.6. The monoisotopic (exact) mass is 285 g/mol. The van der Waals surface area contributed by atoms with Crippen molar-refractivity contribution in [3.8, 4) is 5.75 Å². The van der Waals surface area contributed by atoms with Crippen LogP contribution in [-0.4, -0.2) is 24.9 Å². The fraction of sp³-hybridized carbons (Fsp3) is 0.500. The Morgan fingerprint density at radius 2 is 2.25 bits per heavy atom. The second kappa shape index (κ2) is 4.35. The van der Waals surface area contributed by atoms with E-state index >= 15 is 0 Å². The van der Waals surface area contributed by atoms with Crippen molar-refractivity contribution >= 4 is 15.9 Å². The average molecular weight is 286 g/mol. The SMILES string of the molecule is COc1ccc(Br)cc1C1(CN)CC(O)C1. The summed E-state index contributed by atoms with van der Waals surface area (Å²) < 4.78 is 6.37. The van der Waals surface area contributed by atoms with E-state index in [1.165, 1.54) is 0 Å². The minimum atomic E-state index is -0.229. The van der Waals surface area contributed by atoms with Crippen molar-refractivity contribution in [2.24, 2.45) is 5.73 Å². The van der Waals surface area contributed by atoms with E-state index in [1.54, 1.807) is 7.11 Å². The first-order valence-corrected chi connectivity index (χ1v) is 6.13. The Morgan fingerprint density at radius 1 is 1.56 bits per heavy atom. The Bertz CT molecular complexity index is 389. The Kier molecular flexibility index (Phi) is 3.24. The van der Waals surface area contributed by atoms with Gasteiger partial charge in [-0.2, -0.15) is 0 Å². The molecule has 0 aliphatic heterocycles. The van der Waals surface area contributed by atoms with Crippen LogP contribution in [0.25, 0.3) is 0 Å². The van der Waals surface area contributed by atoms with E-state index in [0.717, 1.165) is 28.6 Å². The molecule has 4 heteroatoms. The van der Waals surface area contributed by atoms with E-state index in [4.69, 9.17) is 10.5 Å². The highest BCUT2D eigenvalue weighted by atomic mass is 79.9. The number of hydrogen-bond donors (Lipinski definition) is 2. The average Bonchev–Trinajstić information content (AvgIpc) is 2.24. The maximum atomic E-state index is 9.50. The molecule has 2 rings (SSSR count). The van der Waals surface area contributed by atoms with Crippen LogP contribution in [0.1, 0.15) is 18.4 Å². The molecule has 1 fully saturated rings. The van der Waals surface area contributed by atoms with E-state index in [-0.39, 0.29) is 11.5 Å². The zero-order valence-corrected chi connectivity index (χ0v) is 10.8. The minimum Gasteiger partial charge on any atom is -0.496 e. The van der Waals surface area contributed by atoms with E-state index < -0.39 is 0 Å². The number of ether oxygens (including phenoxy) is 1.